The summed E-state index contributed by atoms with van der Waals surface area (Å²) in [5.74, 6) is -0.398. The van der Waals surface area contributed by atoms with Gasteiger partial charge in [0, 0.05) is 6.42 Å². The number of rotatable bonds is 7. The minimum Gasteiger partial charge on any atom is -0.273 e. The van der Waals surface area contributed by atoms with Crippen molar-refractivity contribution in [2.45, 2.75) is 44.4 Å². The summed E-state index contributed by atoms with van der Waals surface area (Å²) >= 11 is 0. The van der Waals surface area contributed by atoms with Crippen LogP contribution < -0.4 is 4.31 Å². The molecule has 0 fully saturated rings. The van der Waals surface area contributed by atoms with Crippen LogP contribution in [0.4, 0.5) is 5.69 Å². The van der Waals surface area contributed by atoms with Crippen molar-refractivity contribution in [2.24, 2.45) is 0 Å². The number of anilines is 1. The third-order valence-electron chi connectivity index (χ3n) is 3.83. The molecule has 0 bridgehead atoms. The highest BCUT2D eigenvalue weighted by atomic mass is 32.2. The second-order valence-electron chi connectivity index (χ2n) is 5.60. The van der Waals surface area contributed by atoms with Gasteiger partial charge in [-0.15, -0.1) is 0 Å². The Bertz CT molecular complexity index is 768. The molecule has 0 atom stereocenters. The Balaban J connectivity index is 2.48. The lowest BCUT2D eigenvalue weighted by atomic mass is 10.1. The molecule has 0 saturated heterocycles. The average Bonchev–Trinajstić information content (AvgIpc) is 2.61. The summed E-state index contributed by atoms with van der Waals surface area (Å²) in [5, 5.41) is 0. The monoisotopic (exact) mass is 345 g/mol. The second-order valence-corrected chi connectivity index (χ2v) is 7.39. The maximum absolute atomic E-state index is 13.0. The van der Waals surface area contributed by atoms with Crippen LogP contribution >= 0.6 is 0 Å². The van der Waals surface area contributed by atoms with E-state index in [-0.39, 0.29) is 11.3 Å². The molecule has 5 heteroatoms. The Labute approximate surface area is 144 Å². The Kier molecular flexibility index (Phi) is 6.15. The van der Waals surface area contributed by atoms with Gasteiger partial charge >= 0.3 is 0 Å². The molecule has 0 N–H and O–H groups in total. The molecule has 0 unspecified atom stereocenters. The Morgan fingerprint density at radius 2 is 1.58 bits per heavy atom. The van der Waals surface area contributed by atoms with Gasteiger partial charge in [-0.05, 0) is 42.7 Å². The fourth-order valence-corrected chi connectivity index (χ4v) is 3.88. The lowest BCUT2D eigenvalue weighted by Gasteiger charge is -2.23. The molecular formula is C19H23NO3S. The minimum absolute atomic E-state index is 0.120. The number of amides is 1. The van der Waals surface area contributed by atoms with E-state index in [9.17, 15) is 13.2 Å². The second kappa shape index (κ2) is 8.11. The molecular weight excluding hydrogens is 322 g/mol. The first-order chi connectivity index (χ1) is 11.5. The van der Waals surface area contributed by atoms with Crippen LogP contribution in [-0.2, 0) is 21.2 Å². The van der Waals surface area contributed by atoms with E-state index < -0.39 is 15.9 Å². The van der Waals surface area contributed by atoms with Crippen molar-refractivity contribution in [1.82, 2.24) is 0 Å². The molecule has 2 rings (SSSR count). The molecule has 0 radical (unpaired) electrons. The Hall–Kier alpha value is -2.14. The molecule has 2 aromatic carbocycles. The average molecular weight is 345 g/mol. The van der Waals surface area contributed by atoms with Crippen LogP contribution in [0, 0.1) is 0 Å². The number of unbranched alkanes of at least 4 members (excludes halogenated alkanes) is 1. The van der Waals surface area contributed by atoms with E-state index in [2.05, 4.69) is 0 Å². The molecule has 0 aliphatic heterocycles. The highest BCUT2D eigenvalue weighted by molar-refractivity contribution is 7.93. The van der Waals surface area contributed by atoms with E-state index >= 15 is 0 Å². The number of nitrogens with zero attached hydrogens (tertiary/aromatic N) is 1. The normalized spacial score (nSPS) is 11.2. The number of carbonyl (C=O) groups excluding carboxylic acids is 1. The van der Waals surface area contributed by atoms with Gasteiger partial charge < -0.3 is 0 Å². The summed E-state index contributed by atoms with van der Waals surface area (Å²) in [4.78, 5) is 12.7. The summed E-state index contributed by atoms with van der Waals surface area (Å²) in [6.45, 7) is 4.00. The first-order valence-electron chi connectivity index (χ1n) is 8.22. The van der Waals surface area contributed by atoms with Gasteiger partial charge in [-0.1, -0.05) is 50.6 Å². The summed E-state index contributed by atoms with van der Waals surface area (Å²) in [5.41, 5.74) is 1.48. The summed E-state index contributed by atoms with van der Waals surface area (Å²) in [7, 11) is -3.92. The zero-order chi connectivity index (χ0) is 17.6. The van der Waals surface area contributed by atoms with Crippen LogP contribution in [0.1, 0.15) is 38.7 Å². The zero-order valence-corrected chi connectivity index (χ0v) is 14.9. The molecule has 128 valence electrons. The lowest BCUT2D eigenvalue weighted by Crippen LogP contribution is -2.36. The molecule has 4 nitrogen and oxygen atoms in total. The zero-order valence-electron chi connectivity index (χ0n) is 14.1. The van der Waals surface area contributed by atoms with Crippen molar-refractivity contribution in [3.63, 3.8) is 0 Å². The fraction of sp³-hybridized carbons (Fsp3) is 0.316. The molecule has 0 heterocycles. The Morgan fingerprint density at radius 3 is 2.12 bits per heavy atom. The van der Waals surface area contributed by atoms with Crippen molar-refractivity contribution < 1.29 is 13.2 Å². The van der Waals surface area contributed by atoms with Crippen LogP contribution in [0.2, 0.25) is 0 Å². The standard InChI is InChI=1S/C19H23NO3S/c1-3-5-11-19(21)20(17-14-12-16(4-2)13-15-17)24(22,23)18-9-7-6-8-10-18/h6-10,12-15H,3-5,11H2,1-2H3. The van der Waals surface area contributed by atoms with Gasteiger partial charge in [0.05, 0.1) is 10.6 Å². The van der Waals surface area contributed by atoms with Crippen LogP contribution in [0.25, 0.3) is 0 Å². The van der Waals surface area contributed by atoms with E-state index in [4.69, 9.17) is 0 Å². The molecule has 1 amide bonds. The number of hydrogen-bond acceptors (Lipinski definition) is 3. The van der Waals surface area contributed by atoms with E-state index in [0.29, 0.717) is 12.1 Å². The lowest BCUT2D eigenvalue weighted by molar-refractivity contribution is -0.117. The van der Waals surface area contributed by atoms with Gasteiger partial charge in [-0.2, -0.15) is 0 Å². The first kappa shape index (κ1) is 18.2. The van der Waals surface area contributed by atoms with Gasteiger partial charge in [0.15, 0.2) is 0 Å². The van der Waals surface area contributed by atoms with Gasteiger partial charge in [-0.25, -0.2) is 12.7 Å². The van der Waals surface area contributed by atoms with E-state index in [1.807, 2.05) is 26.0 Å². The largest absolute Gasteiger partial charge is 0.273 e. The number of hydrogen-bond donors (Lipinski definition) is 0. The van der Waals surface area contributed by atoms with Gasteiger partial charge in [0.1, 0.15) is 0 Å². The molecule has 0 spiro atoms. The molecule has 0 aromatic heterocycles. The van der Waals surface area contributed by atoms with Gasteiger partial charge in [0.25, 0.3) is 10.0 Å². The van der Waals surface area contributed by atoms with Crippen LogP contribution in [0.3, 0.4) is 0 Å². The van der Waals surface area contributed by atoms with Crippen LogP contribution in [-0.4, -0.2) is 14.3 Å². The highest BCUT2D eigenvalue weighted by Crippen LogP contribution is 2.25. The predicted octanol–water partition coefficient (Wildman–Crippen LogP) is 4.16. The summed E-state index contributed by atoms with van der Waals surface area (Å²) in [6, 6.07) is 15.2. The van der Waals surface area contributed by atoms with Gasteiger partial charge in [0.2, 0.25) is 5.91 Å². The first-order valence-corrected chi connectivity index (χ1v) is 9.66. The van der Waals surface area contributed by atoms with Crippen LogP contribution in [0.5, 0.6) is 0 Å². The molecule has 0 aliphatic carbocycles. The number of aryl methyl sites for hydroxylation is 1. The van der Waals surface area contributed by atoms with Gasteiger partial charge in [-0.3, -0.25) is 4.79 Å². The van der Waals surface area contributed by atoms with E-state index in [1.165, 1.54) is 12.1 Å². The number of sulfonamides is 1. The number of carbonyl (C=O) groups is 1. The molecule has 24 heavy (non-hydrogen) atoms. The van der Waals surface area contributed by atoms with Crippen molar-refractivity contribution >= 4 is 21.6 Å². The smallest absolute Gasteiger partial charge is 0.270 e. The van der Waals surface area contributed by atoms with Crippen molar-refractivity contribution in [3.05, 3.63) is 60.2 Å². The number of benzene rings is 2. The molecule has 0 aliphatic rings. The molecule has 0 saturated carbocycles. The predicted molar refractivity (Wildman–Crippen MR) is 96.5 cm³/mol. The maximum Gasteiger partial charge on any atom is 0.270 e. The third-order valence-corrected chi connectivity index (χ3v) is 5.59. The van der Waals surface area contributed by atoms with E-state index in [0.717, 1.165) is 22.7 Å². The minimum atomic E-state index is -3.92. The third kappa shape index (κ3) is 4.03. The Morgan fingerprint density at radius 1 is 0.958 bits per heavy atom. The quantitative estimate of drug-likeness (QED) is 0.757. The topological polar surface area (TPSA) is 54.5 Å². The maximum atomic E-state index is 13.0. The highest BCUT2D eigenvalue weighted by Gasteiger charge is 2.30. The van der Waals surface area contributed by atoms with Crippen molar-refractivity contribution in [3.8, 4) is 0 Å². The SMILES string of the molecule is CCCCC(=O)N(c1ccc(CC)cc1)S(=O)(=O)c1ccccc1. The van der Waals surface area contributed by atoms with Crippen molar-refractivity contribution in [1.29, 1.82) is 0 Å². The molecule has 2 aromatic rings. The van der Waals surface area contributed by atoms with Crippen LogP contribution in [0.15, 0.2) is 59.5 Å². The summed E-state index contributed by atoms with van der Waals surface area (Å²) in [6.07, 6.45) is 2.56. The fourth-order valence-electron chi connectivity index (χ4n) is 2.41. The van der Waals surface area contributed by atoms with E-state index in [1.54, 1.807) is 30.3 Å². The van der Waals surface area contributed by atoms with Crippen molar-refractivity contribution in [2.75, 3.05) is 4.31 Å². The summed E-state index contributed by atoms with van der Waals surface area (Å²) < 4.78 is 26.9.